The Morgan fingerprint density at radius 1 is 1.35 bits per heavy atom. The van der Waals surface area contributed by atoms with Crippen molar-refractivity contribution in [3.05, 3.63) is 52.0 Å². The second-order valence-corrected chi connectivity index (χ2v) is 4.71. The summed E-state index contributed by atoms with van der Waals surface area (Å²) < 4.78 is 1.94. The Bertz CT molecular complexity index is 502. The Labute approximate surface area is 110 Å². The summed E-state index contributed by atoms with van der Waals surface area (Å²) in [5.41, 5.74) is 6.91. The fourth-order valence-electron chi connectivity index (χ4n) is 1.76. The Balaban J connectivity index is 2.26. The molecule has 5 heteroatoms. The molecule has 2 N–H and O–H groups in total. The van der Waals surface area contributed by atoms with Gasteiger partial charge in [-0.3, -0.25) is 0 Å². The van der Waals surface area contributed by atoms with Crippen molar-refractivity contribution in [1.82, 2.24) is 9.55 Å². The van der Waals surface area contributed by atoms with Crippen molar-refractivity contribution < 1.29 is 0 Å². The second kappa shape index (κ2) is 5.08. The first kappa shape index (κ1) is 12.4. The van der Waals surface area contributed by atoms with Crippen molar-refractivity contribution in [3.8, 4) is 0 Å². The maximum Gasteiger partial charge on any atom is 0.110 e. The van der Waals surface area contributed by atoms with Crippen LogP contribution in [0.25, 0.3) is 0 Å². The zero-order valence-electron chi connectivity index (χ0n) is 9.40. The highest BCUT2D eigenvalue weighted by molar-refractivity contribution is 6.36. The summed E-state index contributed by atoms with van der Waals surface area (Å²) in [6.45, 7) is 0. The topological polar surface area (TPSA) is 43.8 Å². The van der Waals surface area contributed by atoms with Gasteiger partial charge in [0.1, 0.15) is 5.82 Å². The number of rotatable bonds is 3. The SMILES string of the molecule is Cn1ccnc1CC(N)c1c(Cl)cccc1Cl. The molecule has 0 amide bonds. The molecular weight excluding hydrogens is 257 g/mol. The predicted molar refractivity (Wildman–Crippen MR) is 70.3 cm³/mol. The summed E-state index contributed by atoms with van der Waals surface area (Å²) in [4.78, 5) is 4.24. The van der Waals surface area contributed by atoms with Gasteiger partial charge in [0, 0.05) is 47.5 Å². The fraction of sp³-hybridized carbons (Fsp3) is 0.250. The second-order valence-electron chi connectivity index (χ2n) is 3.90. The molecule has 0 radical (unpaired) electrons. The molecular formula is C12H13Cl2N3. The summed E-state index contributed by atoms with van der Waals surface area (Å²) in [6.07, 6.45) is 4.24. The Kier molecular flexibility index (Phi) is 3.72. The highest BCUT2D eigenvalue weighted by atomic mass is 35.5. The highest BCUT2D eigenvalue weighted by Gasteiger charge is 2.16. The van der Waals surface area contributed by atoms with Crippen LogP contribution in [0.15, 0.2) is 30.6 Å². The molecule has 0 aliphatic carbocycles. The molecule has 17 heavy (non-hydrogen) atoms. The van der Waals surface area contributed by atoms with Crippen LogP contribution in [0.2, 0.25) is 10.0 Å². The molecule has 1 aromatic heterocycles. The first-order valence-electron chi connectivity index (χ1n) is 5.25. The number of nitrogens with two attached hydrogens (primary N) is 1. The molecule has 0 aliphatic rings. The van der Waals surface area contributed by atoms with E-state index in [1.165, 1.54) is 0 Å². The number of halogens is 2. The molecule has 1 unspecified atom stereocenters. The summed E-state index contributed by atoms with van der Waals surface area (Å²) in [7, 11) is 1.93. The third-order valence-electron chi connectivity index (χ3n) is 2.69. The number of aromatic nitrogens is 2. The number of benzene rings is 1. The number of imidazole rings is 1. The van der Waals surface area contributed by atoms with Gasteiger partial charge < -0.3 is 10.3 Å². The van der Waals surface area contributed by atoms with E-state index in [-0.39, 0.29) is 6.04 Å². The largest absolute Gasteiger partial charge is 0.338 e. The minimum absolute atomic E-state index is 0.253. The lowest BCUT2D eigenvalue weighted by Crippen LogP contribution is -2.16. The lowest BCUT2D eigenvalue weighted by atomic mass is 10.0. The standard InChI is InChI=1S/C12H13Cl2N3/c1-17-6-5-16-11(17)7-10(15)12-8(13)3-2-4-9(12)14/h2-6,10H,7,15H2,1H3. The number of aryl methyl sites for hydroxylation is 1. The molecule has 0 saturated carbocycles. The zero-order valence-corrected chi connectivity index (χ0v) is 10.9. The van der Waals surface area contributed by atoms with Crippen LogP contribution in [0.3, 0.4) is 0 Å². The van der Waals surface area contributed by atoms with Crippen LogP contribution in [0, 0.1) is 0 Å². The molecule has 1 aromatic carbocycles. The summed E-state index contributed by atoms with van der Waals surface area (Å²) in [5, 5.41) is 1.19. The van der Waals surface area contributed by atoms with Gasteiger partial charge >= 0.3 is 0 Å². The van der Waals surface area contributed by atoms with E-state index in [1.54, 1.807) is 18.3 Å². The summed E-state index contributed by atoms with van der Waals surface area (Å²) in [6, 6.07) is 5.14. The van der Waals surface area contributed by atoms with Gasteiger partial charge in [0.2, 0.25) is 0 Å². The van der Waals surface area contributed by atoms with Crippen LogP contribution < -0.4 is 5.73 Å². The Morgan fingerprint density at radius 2 is 2.00 bits per heavy atom. The van der Waals surface area contributed by atoms with E-state index >= 15 is 0 Å². The van der Waals surface area contributed by atoms with Gasteiger partial charge in [-0.15, -0.1) is 0 Å². The molecule has 0 saturated heterocycles. The van der Waals surface area contributed by atoms with E-state index in [1.807, 2.05) is 23.9 Å². The lowest BCUT2D eigenvalue weighted by Gasteiger charge is -2.15. The minimum atomic E-state index is -0.253. The van der Waals surface area contributed by atoms with Gasteiger partial charge in [-0.2, -0.15) is 0 Å². The zero-order chi connectivity index (χ0) is 12.4. The van der Waals surface area contributed by atoms with Crippen LogP contribution >= 0.6 is 23.2 Å². The maximum atomic E-state index is 6.13. The molecule has 90 valence electrons. The van der Waals surface area contributed by atoms with Gasteiger partial charge in [0.25, 0.3) is 0 Å². The maximum absolute atomic E-state index is 6.13. The van der Waals surface area contributed by atoms with Gasteiger partial charge in [0.05, 0.1) is 0 Å². The molecule has 0 aliphatic heterocycles. The van der Waals surface area contributed by atoms with Crippen molar-refractivity contribution in [1.29, 1.82) is 0 Å². The molecule has 0 bridgehead atoms. The van der Waals surface area contributed by atoms with Crippen LogP contribution in [-0.2, 0) is 13.5 Å². The fourth-order valence-corrected chi connectivity index (χ4v) is 2.43. The van der Waals surface area contributed by atoms with Crippen molar-refractivity contribution in [2.45, 2.75) is 12.5 Å². The third-order valence-corrected chi connectivity index (χ3v) is 3.35. The number of hydrogen-bond acceptors (Lipinski definition) is 2. The average Bonchev–Trinajstić information content (AvgIpc) is 2.64. The van der Waals surface area contributed by atoms with Crippen LogP contribution in [0.5, 0.6) is 0 Å². The van der Waals surface area contributed by atoms with Crippen molar-refractivity contribution >= 4 is 23.2 Å². The van der Waals surface area contributed by atoms with E-state index < -0.39 is 0 Å². The molecule has 2 aromatic rings. The molecule has 3 nitrogen and oxygen atoms in total. The van der Waals surface area contributed by atoms with Gasteiger partial charge in [-0.05, 0) is 12.1 Å². The minimum Gasteiger partial charge on any atom is -0.338 e. The van der Waals surface area contributed by atoms with Crippen LogP contribution in [-0.4, -0.2) is 9.55 Å². The van der Waals surface area contributed by atoms with E-state index in [4.69, 9.17) is 28.9 Å². The normalized spacial score (nSPS) is 12.7. The summed E-state index contributed by atoms with van der Waals surface area (Å²) >= 11 is 12.2. The van der Waals surface area contributed by atoms with Crippen LogP contribution in [0.4, 0.5) is 0 Å². The number of nitrogens with zero attached hydrogens (tertiary/aromatic N) is 2. The smallest absolute Gasteiger partial charge is 0.110 e. The molecule has 0 spiro atoms. The quantitative estimate of drug-likeness (QED) is 0.931. The monoisotopic (exact) mass is 269 g/mol. The van der Waals surface area contributed by atoms with E-state index in [0.29, 0.717) is 16.5 Å². The predicted octanol–water partition coefficient (Wildman–Crippen LogP) is 2.97. The Hall–Kier alpha value is -1.03. The van der Waals surface area contributed by atoms with Gasteiger partial charge in [-0.25, -0.2) is 4.98 Å². The molecule has 1 heterocycles. The van der Waals surface area contributed by atoms with E-state index in [9.17, 15) is 0 Å². The van der Waals surface area contributed by atoms with E-state index in [2.05, 4.69) is 4.98 Å². The Morgan fingerprint density at radius 3 is 2.53 bits per heavy atom. The summed E-state index contributed by atoms with van der Waals surface area (Å²) in [5.74, 6) is 0.911. The van der Waals surface area contributed by atoms with E-state index in [0.717, 1.165) is 11.4 Å². The highest BCUT2D eigenvalue weighted by Crippen LogP contribution is 2.30. The van der Waals surface area contributed by atoms with Gasteiger partial charge in [0.15, 0.2) is 0 Å². The third kappa shape index (κ3) is 2.63. The molecule has 1 atom stereocenters. The van der Waals surface area contributed by atoms with Crippen molar-refractivity contribution in [2.24, 2.45) is 12.8 Å². The molecule has 2 rings (SSSR count). The average molecular weight is 270 g/mol. The first-order chi connectivity index (χ1) is 8.09. The molecule has 0 fully saturated rings. The van der Waals surface area contributed by atoms with Crippen molar-refractivity contribution in [2.75, 3.05) is 0 Å². The first-order valence-corrected chi connectivity index (χ1v) is 6.01. The lowest BCUT2D eigenvalue weighted by molar-refractivity contribution is 0.660. The van der Waals surface area contributed by atoms with Crippen LogP contribution in [0.1, 0.15) is 17.4 Å². The number of hydrogen-bond donors (Lipinski definition) is 1. The van der Waals surface area contributed by atoms with Crippen molar-refractivity contribution in [3.63, 3.8) is 0 Å². The van der Waals surface area contributed by atoms with Gasteiger partial charge in [-0.1, -0.05) is 29.3 Å².